The van der Waals surface area contributed by atoms with Crippen LogP contribution in [-0.4, -0.2) is 21.5 Å². The maximum atomic E-state index is 12.9. The van der Waals surface area contributed by atoms with Crippen molar-refractivity contribution in [2.24, 2.45) is 7.05 Å². The fraction of sp³-hybridized carbons (Fsp3) is 0.0500. The van der Waals surface area contributed by atoms with Gasteiger partial charge in [0.2, 0.25) is 0 Å². The third kappa shape index (κ3) is 4.30. The average Bonchev–Trinajstić information content (AvgIpc) is 3.06. The van der Waals surface area contributed by atoms with E-state index >= 15 is 0 Å². The smallest absolute Gasteiger partial charge is 0.336 e. The number of aromatic nitrogens is 2. The number of benzene rings is 2. The van der Waals surface area contributed by atoms with Crippen LogP contribution in [0.15, 0.2) is 67.0 Å². The van der Waals surface area contributed by atoms with E-state index in [1.807, 2.05) is 0 Å². The molecule has 1 aromatic heterocycles. The Morgan fingerprint density at radius 1 is 1.04 bits per heavy atom. The van der Waals surface area contributed by atoms with Crippen LogP contribution in [0.5, 0.6) is 5.75 Å². The minimum atomic E-state index is -0.536. The van der Waals surface area contributed by atoms with E-state index in [9.17, 15) is 14.0 Å². The fourth-order valence-electron chi connectivity index (χ4n) is 2.28. The molecule has 1 heterocycles. The van der Waals surface area contributed by atoms with E-state index in [1.165, 1.54) is 42.5 Å². The molecule has 3 rings (SSSR count). The average molecular weight is 350 g/mol. The second-order valence-electron chi connectivity index (χ2n) is 5.56. The Labute approximate surface area is 149 Å². The second kappa shape index (κ2) is 7.57. The monoisotopic (exact) mass is 350 g/mol. The van der Waals surface area contributed by atoms with Crippen molar-refractivity contribution >= 4 is 17.8 Å². The predicted octanol–water partition coefficient (Wildman–Crippen LogP) is 3.41. The summed E-state index contributed by atoms with van der Waals surface area (Å²) in [7, 11) is 1.78. The molecule has 0 aliphatic rings. The zero-order valence-corrected chi connectivity index (χ0v) is 13.9. The highest BCUT2D eigenvalue weighted by atomic mass is 19.1. The number of aryl methyl sites for hydroxylation is 1. The Morgan fingerprint density at radius 3 is 2.23 bits per heavy atom. The molecule has 0 amide bonds. The first-order valence-electron chi connectivity index (χ1n) is 7.80. The molecule has 0 saturated carbocycles. The van der Waals surface area contributed by atoms with E-state index in [0.717, 1.165) is 5.56 Å². The molecule has 6 heteroatoms. The van der Waals surface area contributed by atoms with E-state index in [0.29, 0.717) is 16.9 Å². The van der Waals surface area contributed by atoms with E-state index in [-0.39, 0.29) is 5.78 Å². The van der Waals surface area contributed by atoms with Crippen molar-refractivity contribution < 1.29 is 18.7 Å². The molecule has 0 aliphatic heterocycles. The van der Waals surface area contributed by atoms with E-state index in [1.54, 1.807) is 42.3 Å². The highest BCUT2D eigenvalue weighted by Gasteiger charge is 2.10. The van der Waals surface area contributed by atoms with Crippen LogP contribution < -0.4 is 4.74 Å². The molecule has 5 nitrogen and oxygen atoms in total. The lowest BCUT2D eigenvalue weighted by atomic mass is 10.0. The van der Waals surface area contributed by atoms with Crippen molar-refractivity contribution in [3.63, 3.8) is 0 Å². The van der Waals surface area contributed by atoms with Gasteiger partial charge in [0.05, 0.1) is 6.20 Å². The van der Waals surface area contributed by atoms with Gasteiger partial charge in [0.1, 0.15) is 11.6 Å². The molecule has 0 unspecified atom stereocenters. The molecular weight excluding hydrogens is 335 g/mol. The van der Waals surface area contributed by atoms with Crippen molar-refractivity contribution in [3.8, 4) is 5.75 Å². The van der Waals surface area contributed by atoms with Gasteiger partial charge in [-0.05, 0) is 54.6 Å². The summed E-state index contributed by atoms with van der Waals surface area (Å²) in [5, 5.41) is 4.00. The largest absolute Gasteiger partial charge is 0.423 e. The van der Waals surface area contributed by atoms with Crippen LogP contribution in [0.3, 0.4) is 0 Å². The van der Waals surface area contributed by atoms with Crippen LogP contribution >= 0.6 is 0 Å². The van der Waals surface area contributed by atoms with Crippen molar-refractivity contribution in [1.82, 2.24) is 9.78 Å². The maximum Gasteiger partial charge on any atom is 0.336 e. The van der Waals surface area contributed by atoms with Crippen molar-refractivity contribution in [3.05, 3.63) is 89.5 Å². The summed E-state index contributed by atoms with van der Waals surface area (Å²) in [5.74, 6) is -0.851. The number of hydrogen-bond acceptors (Lipinski definition) is 4. The van der Waals surface area contributed by atoms with Gasteiger partial charge >= 0.3 is 5.97 Å². The number of halogens is 1. The molecule has 0 radical (unpaired) electrons. The first-order chi connectivity index (χ1) is 12.5. The Balaban J connectivity index is 1.63. The van der Waals surface area contributed by atoms with Gasteiger partial charge in [-0.3, -0.25) is 9.48 Å². The van der Waals surface area contributed by atoms with Gasteiger partial charge in [-0.1, -0.05) is 0 Å². The lowest BCUT2D eigenvalue weighted by Gasteiger charge is -2.04. The quantitative estimate of drug-likeness (QED) is 0.306. The summed E-state index contributed by atoms with van der Waals surface area (Å²) in [4.78, 5) is 24.1. The molecule has 0 N–H and O–H groups in total. The zero-order chi connectivity index (χ0) is 18.5. The van der Waals surface area contributed by atoms with Crippen LogP contribution in [0.1, 0.15) is 21.5 Å². The molecule has 3 aromatic rings. The van der Waals surface area contributed by atoms with Crippen LogP contribution in [0, 0.1) is 5.82 Å². The SMILES string of the molecule is Cn1cc(C=CC(=O)Oc2ccc(C(=O)c3ccc(F)cc3)cc2)cn1. The van der Waals surface area contributed by atoms with Crippen molar-refractivity contribution in [1.29, 1.82) is 0 Å². The van der Waals surface area contributed by atoms with Crippen molar-refractivity contribution in [2.75, 3.05) is 0 Å². The van der Waals surface area contributed by atoms with Crippen LogP contribution in [-0.2, 0) is 11.8 Å². The fourth-order valence-corrected chi connectivity index (χ4v) is 2.28. The molecule has 0 bridgehead atoms. The molecule has 0 atom stereocenters. The van der Waals surface area contributed by atoms with Gasteiger partial charge < -0.3 is 4.74 Å². The summed E-state index contributed by atoms with van der Waals surface area (Å²) < 4.78 is 19.7. The van der Waals surface area contributed by atoms with Gasteiger partial charge in [-0.15, -0.1) is 0 Å². The third-order valence-corrected chi connectivity index (χ3v) is 3.58. The number of carbonyl (C=O) groups excluding carboxylic acids is 2. The molecular formula is C20H15FN2O3. The highest BCUT2D eigenvalue weighted by Crippen LogP contribution is 2.16. The summed E-state index contributed by atoms with van der Waals surface area (Å²) in [6, 6.07) is 11.5. The number of ether oxygens (including phenoxy) is 1. The second-order valence-corrected chi connectivity index (χ2v) is 5.56. The number of esters is 1. The Kier molecular flexibility index (Phi) is 5.03. The topological polar surface area (TPSA) is 61.2 Å². The van der Waals surface area contributed by atoms with Crippen LogP contribution in [0.25, 0.3) is 6.08 Å². The summed E-state index contributed by atoms with van der Waals surface area (Å²) in [6.45, 7) is 0. The lowest BCUT2D eigenvalue weighted by molar-refractivity contribution is -0.128. The Morgan fingerprint density at radius 2 is 1.65 bits per heavy atom. The molecule has 0 saturated heterocycles. The summed E-state index contributed by atoms with van der Waals surface area (Å²) >= 11 is 0. The zero-order valence-electron chi connectivity index (χ0n) is 13.9. The van der Waals surface area contributed by atoms with E-state index in [4.69, 9.17) is 4.74 Å². The number of rotatable bonds is 5. The highest BCUT2D eigenvalue weighted by molar-refractivity contribution is 6.09. The van der Waals surface area contributed by atoms with E-state index in [2.05, 4.69) is 5.10 Å². The van der Waals surface area contributed by atoms with Gasteiger partial charge in [0.25, 0.3) is 0 Å². The molecule has 0 aliphatic carbocycles. The van der Waals surface area contributed by atoms with Gasteiger partial charge in [0, 0.05) is 36.0 Å². The molecule has 26 heavy (non-hydrogen) atoms. The minimum absolute atomic E-state index is 0.237. The normalized spacial score (nSPS) is 10.8. The number of nitrogens with zero attached hydrogens (tertiary/aromatic N) is 2. The first kappa shape index (κ1) is 17.3. The number of carbonyl (C=O) groups is 2. The standard InChI is InChI=1S/C20H15FN2O3/c1-23-13-14(12-22-23)2-11-19(24)26-18-9-5-16(6-10-18)20(25)15-3-7-17(21)8-4-15/h2-13H,1H3. The molecule has 0 fully saturated rings. The molecule has 0 spiro atoms. The van der Waals surface area contributed by atoms with E-state index < -0.39 is 11.8 Å². The minimum Gasteiger partial charge on any atom is -0.423 e. The number of hydrogen-bond donors (Lipinski definition) is 0. The van der Waals surface area contributed by atoms with Crippen LogP contribution in [0.4, 0.5) is 4.39 Å². The molecule has 130 valence electrons. The summed E-state index contributed by atoms with van der Waals surface area (Å²) in [6.07, 6.45) is 6.29. The first-order valence-corrected chi connectivity index (χ1v) is 7.80. The van der Waals surface area contributed by atoms with Gasteiger partial charge in [0.15, 0.2) is 5.78 Å². The van der Waals surface area contributed by atoms with Crippen molar-refractivity contribution in [2.45, 2.75) is 0 Å². The molecule has 2 aromatic carbocycles. The lowest BCUT2D eigenvalue weighted by Crippen LogP contribution is -2.05. The Bertz CT molecular complexity index is 957. The predicted molar refractivity (Wildman–Crippen MR) is 94.2 cm³/mol. The third-order valence-electron chi connectivity index (χ3n) is 3.58. The van der Waals surface area contributed by atoms with Crippen LogP contribution in [0.2, 0.25) is 0 Å². The van der Waals surface area contributed by atoms with Gasteiger partial charge in [-0.25, -0.2) is 9.18 Å². The number of ketones is 1. The summed E-state index contributed by atoms with van der Waals surface area (Å²) in [5.41, 5.74) is 1.59. The maximum absolute atomic E-state index is 12.9. The van der Waals surface area contributed by atoms with Gasteiger partial charge in [-0.2, -0.15) is 5.10 Å². The Hall–Kier alpha value is -3.54.